The summed E-state index contributed by atoms with van der Waals surface area (Å²) in [6.07, 6.45) is 0. The Bertz CT molecular complexity index is 303. The van der Waals surface area contributed by atoms with E-state index in [-0.39, 0.29) is 11.5 Å². The molecule has 0 aliphatic carbocycles. The van der Waals surface area contributed by atoms with E-state index in [0.29, 0.717) is 18.5 Å². The van der Waals surface area contributed by atoms with Gasteiger partial charge < -0.3 is 15.1 Å². The van der Waals surface area contributed by atoms with Crippen molar-refractivity contribution in [2.45, 2.75) is 40.3 Å². The Labute approximate surface area is 90.7 Å². The smallest absolute Gasteiger partial charge is 0.315 e. The van der Waals surface area contributed by atoms with Gasteiger partial charge in [0.25, 0.3) is 0 Å². The summed E-state index contributed by atoms with van der Waals surface area (Å²) in [4.78, 5) is 0. The zero-order valence-electron chi connectivity index (χ0n) is 10.1. The number of anilines is 1. The van der Waals surface area contributed by atoms with Gasteiger partial charge in [0.15, 0.2) is 0 Å². The van der Waals surface area contributed by atoms with E-state index >= 15 is 0 Å². The third-order valence-electron chi connectivity index (χ3n) is 2.43. The molecule has 1 unspecified atom stereocenters. The SMILES string of the molecule is CNCc1nnc(NC(C)C(C)(C)C)o1. The number of aromatic nitrogens is 2. The predicted octanol–water partition coefficient (Wildman–Crippen LogP) is 1.64. The fourth-order valence-electron chi connectivity index (χ4n) is 0.936. The maximum atomic E-state index is 5.39. The van der Waals surface area contributed by atoms with Gasteiger partial charge in [-0.25, -0.2) is 0 Å². The van der Waals surface area contributed by atoms with E-state index in [9.17, 15) is 0 Å². The molecule has 1 rings (SSSR count). The van der Waals surface area contributed by atoms with Crippen molar-refractivity contribution in [3.63, 3.8) is 0 Å². The molecule has 0 aromatic carbocycles. The van der Waals surface area contributed by atoms with Gasteiger partial charge in [-0.05, 0) is 19.4 Å². The third kappa shape index (κ3) is 3.51. The first kappa shape index (κ1) is 12.0. The van der Waals surface area contributed by atoms with Crippen molar-refractivity contribution in [3.8, 4) is 0 Å². The second kappa shape index (κ2) is 4.61. The van der Waals surface area contributed by atoms with Gasteiger partial charge in [0.2, 0.25) is 5.89 Å². The fourth-order valence-corrected chi connectivity index (χ4v) is 0.936. The highest BCUT2D eigenvalue weighted by Gasteiger charge is 2.21. The molecule has 1 atom stereocenters. The van der Waals surface area contributed by atoms with Crippen LogP contribution in [0.5, 0.6) is 0 Å². The molecule has 2 N–H and O–H groups in total. The van der Waals surface area contributed by atoms with Gasteiger partial charge in [-0.2, -0.15) is 0 Å². The first-order valence-corrected chi connectivity index (χ1v) is 5.17. The Morgan fingerprint density at radius 1 is 1.33 bits per heavy atom. The number of nitrogens with zero attached hydrogens (tertiary/aromatic N) is 2. The topological polar surface area (TPSA) is 63.0 Å². The monoisotopic (exact) mass is 212 g/mol. The highest BCUT2D eigenvalue weighted by molar-refractivity contribution is 5.20. The highest BCUT2D eigenvalue weighted by Crippen LogP contribution is 2.21. The quantitative estimate of drug-likeness (QED) is 0.794. The molecule has 0 saturated carbocycles. The summed E-state index contributed by atoms with van der Waals surface area (Å²) in [5.41, 5.74) is 0.164. The molecule has 0 radical (unpaired) electrons. The maximum absolute atomic E-state index is 5.39. The van der Waals surface area contributed by atoms with Crippen LogP contribution >= 0.6 is 0 Å². The number of rotatable bonds is 4. The van der Waals surface area contributed by atoms with Crippen molar-refractivity contribution < 1.29 is 4.42 Å². The lowest BCUT2D eigenvalue weighted by Gasteiger charge is -2.26. The van der Waals surface area contributed by atoms with Gasteiger partial charge in [-0.1, -0.05) is 25.9 Å². The summed E-state index contributed by atoms with van der Waals surface area (Å²) >= 11 is 0. The summed E-state index contributed by atoms with van der Waals surface area (Å²) in [6, 6.07) is 0.767. The molecule has 0 aliphatic rings. The van der Waals surface area contributed by atoms with Crippen molar-refractivity contribution in [2.24, 2.45) is 5.41 Å². The van der Waals surface area contributed by atoms with Crippen LogP contribution in [0.3, 0.4) is 0 Å². The summed E-state index contributed by atoms with van der Waals surface area (Å²) < 4.78 is 5.39. The molecule has 0 saturated heterocycles. The summed E-state index contributed by atoms with van der Waals surface area (Å²) in [5, 5.41) is 14.0. The fraction of sp³-hybridized carbons (Fsp3) is 0.800. The lowest BCUT2D eigenvalue weighted by Crippen LogP contribution is -2.30. The van der Waals surface area contributed by atoms with Gasteiger partial charge in [0.05, 0.1) is 6.54 Å². The van der Waals surface area contributed by atoms with Gasteiger partial charge in [0.1, 0.15) is 0 Å². The van der Waals surface area contributed by atoms with Crippen LogP contribution < -0.4 is 10.6 Å². The van der Waals surface area contributed by atoms with E-state index in [0.717, 1.165) is 0 Å². The second-order valence-electron chi connectivity index (χ2n) is 4.76. The van der Waals surface area contributed by atoms with E-state index in [2.05, 4.69) is 48.5 Å². The standard InChI is InChI=1S/C10H20N4O/c1-7(10(2,3)4)12-9-14-13-8(15-9)6-11-5/h7,11H,6H2,1-5H3,(H,12,14). The minimum absolute atomic E-state index is 0.164. The van der Waals surface area contributed by atoms with Crippen molar-refractivity contribution in [1.82, 2.24) is 15.5 Å². The summed E-state index contributed by atoms with van der Waals surface area (Å²) in [7, 11) is 1.84. The Kier molecular flexibility index (Phi) is 3.68. The molecule has 0 bridgehead atoms. The molecular weight excluding hydrogens is 192 g/mol. The molecule has 0 fully saturated rings. The number of hydrogen-bond donors (Lipinski definition) is 2. The molecule has 0 amide bonds. The molecule has 86 valence electrons. The van der Waals surface area contributed by atoms with Crippen LogP contribution in [0, 0.1) is 5.41 Å². The lowest BCUT2D eigenvalue weighted by molar-refractivity contribution is 0.350. The van der Waals surface area contributed by atoms with Crippen molar-refractivity contribution in [3.05, 3.63) is 5.89 Å². The van der Waals surface area contributed by atoms with Crippen LogP contribution in [-0.4, -0.2) is 23.3 Å². The van der Waals surface area contributed by atoms with Crippen LogP contribution in [0.1, 0.15) is 33.6 Å². The van der Waals surface area contributed by atoms with Crippen LogP contribution in [0.15, 0.2) is 4.42 Å². The van der Waals surface area contributed by atoms with E-state index in [1.807, 2.05) is 7.05 Å². The van der Waals surface area contributed by atoms with E-state index < -0.39 is 0 Å². The molecule has 5 nitrogen and oxygen atoms in total. The van der Waals surface area contributed by atoms with Crippen LogP contribution in [0.4, 0.5) is 6.01 Å². The largest absolute Gasteiger partial charge is 0.407 e. The average molecular weight is 212 g/mol. The lowest BCUT2D eigenvalue weighted by atomic mass is 9.88. The molecule has 1 heterocycles. The Morgan fingerprint density at radius 3 is 2.53 bits per heavy atom. The second-order valence-corrected chi connectivity index (χ2v) is 4.76. The first-order chi connectivity index (χ1) is 6.93. The van der Waals surface area contributed by atoms with E-state index in [4.69, 9.17) is 4.42 Å². The zero-order chi connectivity index (χ0) is 11.5. The molecule has 5 heteroatoms. The molecule has 1 aromatic heterocycles. The molecular formula is C10H20N4O. The van der Waals surface area contributed by atoms with Crippen LogP contribution in [0.2, 0.25) is 0 Å². The Morgan fingerprint density at radius 2 is 2.00 bits per heavy atom. The van der Waals surface area contributed by atoms with E-state index in [1.165, 1.54) is 0 Å². The maximum Gasteiger partial charge on any atom is 0.315 e. The van der Waals surface area contributed by atoms with Gasteiger partial charge in [-0.15, -0.1) is 5.10 Å². The van der Waals surface area contributed by atoms with Crippen molar-refractivity contribution >= 4 is 6.01 Å². The van der Waals surface area contributed by atoms with E-state index in [1.54, 1.807) is 0 Å². The van der Waals surface area contributed by atoms with Crippen LogP contribution in [-0.2, 0) is 6.54 Å². The predicted molar refractivity (Wildman–Crippen MR) is 59.6 cm³/mol. The van der Waals surface area contributed by atoms with Crippen molar-refractivity contribution in [1.29, 1.82) is 0 Å². The molecule has 0 spiro atoms. The Hall–Kier alpha value is -1.10. The van der Waals surface area contributed by atoms with Crippen molar-refractivity contribution in [2.75, 3.05) is 12.4 Å². The van der Waals surface area contributed by atoms with Gasteiger partial charge in [-0.3, -0.25) is 0 Å². The summed E-state index contributed by atoms with van der Waals surface area (Å²) in [5.74, 6) is 0.598. The molecule has 1 aromatic rings. The highest BCUT2D eigenvalue weighted by atomic mass is 16.4. The zero-order valence-corrected chi connectivity index (χ0v) is 10.1. The normalized spacial score (nSPS) is 13.9. The Balaban J connectivity index is 2.57. The minimum atomic E-state index is 0.164. The van der Waals surface area contributed by atoms with Crippen LogP contribution in [0.25, 0.3) is 0 Å². The molecule has 15 heavy (non-hydrogen) atoms. The molecule has 0 aliphatic heterocycles. The third-order valence-corrected chi connectivity index (χ3v) is 2.43. The number of hydrogen-bond acceptors (Lipinski definition) is 5. The minimum Gasteiger partial charge on any atom is -0.407 e. The first-order valence-electron chi connectivity index (χ1n) is 5.17. The summed E-state index contributed by atoms with van der Waals surface area (Å²) in [6.45, 7) is 9.18. The average Bonchev–Trinajstić information content (AvgIpc) is 2.51. The number of nitrogens with one attached hydrogen (secondary N) is 2. The van der Waals surface area contributed by atoms with Gasteiger partial charge >= 0.3 is 6.01 Å². The van der Waals surface area contributed by atoms with Gasteiger partial charge in [0, 0.05) is 6.04 Å².